The van der Waals surface area contributed by atoms with Crippen LogP contribution in [0.3, 0.4) is 0 Å². The van der Waals surface area contributed by atoms with Gasteiger partial charge in [-0.05, 0) is 29.8 Å². The van der Waals surface area contributed by atoms with Crippen LogP contribution in [0.2, 0.25) is 0 Å². The molecule has 0 aromatic heterocycles. The fourth-order valence-corrected chi connectivity index (χ4v) is 3.68. The molecule has 0 aliphatic carbocycles. The fourth-order valence-electron chi connectivity index (χ4n) is 3.68. The molecule has 0 radical (unpaired) electrons. The number of para-hydroxylation sites is 2. The highest BCUT2D eigenvalue weighted by atomic mass is 16.2. The summed E-state index contributed by atoms with van der Waals surface area (Å²) in [7, 11) is 0. The molecular formula is C26H20N4O2. The molecule has 1 N–H and O–H groups in total. The van der Waals surface area contributed by atoms with E-state index in [1.807, 2.05) is 95.6 Å². The van der Waals surface area contributed by atoms with E-state index in [1.165, 1.54) is 4.68 Å². The first kappa shape index (κ1) is 19.5. The van der Waals surface area contributed by atoms with Crippen LogP contribution in [0.5, 0.6) is 0 Å². The minimum Gasteiger partial charge on any atom is -0.348 e. The van der Waals surface area contributed by atoms with Crippen LogP contribution in [0.25, 0.3) is 16.9 Å². The van der Waals surface area contributed by atoms with Crippen molar-refractivity contribution in [3.8, 4) is 16.9 Å². The maximum atomic E-state index is 13.2. The van der Waals surface area contributed by atoms with Crippen molar-refractivity contribution >= 4 is 11.6 Å². The van der Waals surface area contributed by atoms with E-state index < -0.39 is 0 Å². The number of anilines is 1. The lowest BCUT2D eigenvalue weighted by atomic mass is 10.1. The molecule has 6 heteroatoms. The Labute approximate surface area is 184 Å². The summed E-state index contributed by atoms with van der Waals surface area (Å²) >= 11 is 0. The first-order chi connectivity index (χ1) is 15.7. The summed E-state index contributed by atoms with van der Waals surface area (Å²) in [6.45, 7) is 0.526. The number of hydrogen-bond donors (Lipinski definition) is 1. The molecule has 32 heavy (non-hydrogen) atoms. The van der Waals surface area contributed by atoms with Crippen molar-refractivity contribution in [2.75, 3.05) is 5.32 Å². The zero-order valence-electron chi connectivity index (χ0n) is 17.2. The molecule has 0 atom stereocenters. The molecule has 2 aliphatic heterocycles. The van der Waals surface area contributed by atoms with Crippen molar-refractivity contribution in [3.05, 3.63) is 125 Å². The maximum absolute atomic E-state index is 13.2. The molecule has 2 aliphatic rings. The highest BCUT2D eigenvalue weighted by molar-refractivity contribution is 6.08. The summed E-state index contributed by atoms with van der Waals surface area (Å²) in [5, 5.41) is 7.43. The topological polar surface area (TPSA) is 68.9 Å². The Balaban J connectivity index is 1.64. The summed E-state index contributed by atoms with van der Waals surface area (Å²) in [4.78, 5) is 26.4. The van der Waals surface area contributed by atoms with Gasteiger partial charge in [0.15, 0.2) is 0 Å². The molecule has 0 unspecified atom stereocenters. The fraction of sp³-hybridized carbons (Fsp3) is 0.0385. The lowest BCUT2D eigenvalue weighted by molar-refractivity contribution is 0.102. The number of amides is 1. The largest absolute Gasteiger partial charge is 0.348 e. The highest BCUT2D eigenvalue weighted by Gasteiger charge is 2.24. The van der Waals surface area contributed by atoms with Crippen LogP contribution in [-0.4, -0.2) is 20.3 Å². The third-order valence-electron chi connectivity index (χ3n) is 5.21. The molecule has 1 amide bonds. The number of benzene rings is 3. The number of carbonyl (C=O) groups is 1. The van der Waals surface area contributed by atoms with Gasteiger partial charge in [0.05, 0.1) is 16.8 Å². The second-order valence-corrected chi connectivity index (χ2v) is 7.46. The first-order valence-electron chi connectivity index (χ1n) is 10.3. The Bertz CT molecular complexity index is 1390. The van der Waals surface area contributed by atoms with Crippen LogP contribution in [0.1, 0.15) is 15.9 Å². The maximum Gasteiger partial charge on any atom is 0.282 e. The molecule has 0 bridgehead atoms. The number of nitrogens with one attached hydrogen (secondary N) is 1. The van der Waals surface area contributed by atoms with Crippen molar-refractivity contribution < 1.29 is 4.79 Å². The summed E-state index contributed by atoms with van der Waals surface area (Å²) < 4.78 is 3.20. The van der Waals surface area contributed by atoms with E-state index in [9.17, 15) is 9.59 Å². The molecule has 6 nitrogen and oxygen atoms in total. The van der Waals surface area contributed by atoms with Gasteiger partial charge < -0.3 is 9.88 Å². The Kier molecular flexibility index (Phi) is 5.09. The zero-order valence-corrected chi connectivity index (χ0v) is 17.2. The van der Waals surface area contributed by atoms with Gasteiger partial charge in [-0.15, -0.1) is 0 Å². The smallest absolute Gasteiger partial charge is 0.282 e. The van der Waals surface area contributed by atoms with Gasteiger partial charge in [-0.2, -0.15) is 9.78 Å². The lowest BCUT2D eigenvalue weighted by Crippen LogP contribution is -2.18. The van der Waals surface area contributed by atoms with Gasteiger partial charge in [0.2, 0.25) is 0 Å². The number of carbonyl (C=O) groups excluding carboxylic acids is 1. The number of hydrogen-bond acceptors (Lipinski definition) is 3. The predicted octanol–water partition coefficient (Wildman–Crippen LogP) is 4.44. The summed E-state index contributed by atoms with van der Waals surface area (Å²) in [6, 6.07) is 28.3. The van der Waals surface area contributed by atoms with Crippen LogP contribution in [-0.2, 0) is 6.54 Å². The van der Waals surface area contributed by atoms with Crippen molar-refractivity contribution in [2.45, 2.75) is 6.54 Å². The second-order valence-electron chi connectivity index (χ2n) is 7.46. The summed E-state index contributed by atoms with van der Waals surface area (Å²) in [5.41, 5.74) is 3.24. The van der Waals surface area contributed by atoms with E-state index in [1.54, 1.807) is 12.4 Å². The average Bonchev–Trinajstić information content (AvgIpc) is 3.17. The van der Waals surface area contributed by atoms with Crippen molar-refractivity contribution in [2.24, 2.45) is 0 Å². The molecule has 0 saturated carbocycles. The first-order valence-corrected chi connectivity index (χ1v) is 10.3. The molecule has 5 rings (SSSR count). The molecule has 0 spiro atoms. The van der Waals surface area contributed by atoms with E-state index in [2.05, 4.69) is 10.4 Å². The number of pyridine rings is 1. The van der Waals surface area contributed by atoms with Crippen LogP contribution in [0.4, 0.5) is 5.69 Å². The third-order valence-corrected chi connectivity index (χ3v) is 5.21. The van der Waals surface area contributed by atoms with Gasteiger partial charge in [0.1, 0.15) is 5.69 Å². The van der Waals surface area contributed by atoms with Crippen LogP contribution in [0, 0.1) is 0 Å². The molecule has 3 aromatic carbocycles. The van der Waals surface area contributed by atoms with Crippen molar-refractivity contribution in [1.29, 1.82) is 0 Å². The SMILES string of the molecule is O=C(Nc1ccccc1)c1cn(Cc2ccccc2)cc2c(=O)n(-c3ccccc3)nc1-2. The molecule has 0 saturated heterocycles. The molecule has 156 valence electrons. The lowest BCUT2D eigenvalue weighted by Gasteiger charge is -2.13. The monoisotopic (exact) mass is 420 g/mol. The van der Waals surface area contributed by atoms with Crippen LogP contribution >= 0.6 is 0 Å². The summed E-state index contributed by atoms with van der Waals surface area (Å²) in [5.74, 6) is -0.318. The molecule has 3 aromatic rings. The van der Waals surface area contributed by atoms with E-state index in [4.69, 9.17) is 0 Å². The number of aromatic nitrogens is 3. The van der Waals surface area contributed by atoms with Gasteiger partial charge in [-0.25, -0.2) is 0 Å². The van der Waals surface area contributed by atoms with E-state index in [0.717, 1.165) is 5.56 Å². The van der Waals surface area contributed by atoms with Gasteiger partial charge in [0, 0.05) is 24.6 Å². The Hall–Kier alpha value is -4.45. The minimum absolute atomic E-state index is 0.262. The Morgan fingerprint density at radius 1 is 0.812 bits per heavy atom. The molecule has 2 heterocycles. The van der Waals surface area contributed by atoms with E-state index >= 15 is 0 Å². The number of nitrogens with zero attached hydrogens (tertiary/aromatic N) is 3. The van der Waals surface area contributed by atoms with Crippen molar-refractivity contribution in [1.82, 2.24) is 14.3 Å². The van der Waals surface area contributed by atoms with Gasteiger partial charge in [-0.1, -0.05) is 66.7 Å². The van der Waals surface area contributed by atoms with Gasteiger partial charge >= 0.3 is 0 Å². The number of fused-ring (bicyclic) bond motifs is 1. The minimum atomic E-state index is -0.318. The van der Waals surface area contributed by atoms with Gasteiger partial charge in [0.25, 0.3) is 11.5 Å². The zero-order chi connectivity index (χ0) is 21.9. The van der Waals surface area contributed by atoms with Crippen LogP contribution < -0.4 is 10.9 Å². The second kappa shape index (κ2) is 8.35. The average molecular weight is 420 g/mol. The standard InChI is InChI=1S/C26H20N4O2/c31-25(27-20-12-6-2-7-13-20)22-17-29(16-19-10-4-1-5-11-19)18-23-24(22)28-30(26(23)32)21-14-8-3-9-15-21/h1-15,17-18H,16H2,(H,27,31). The summed E-state index contributed by atoms with van der Waals surface area (Å²) in [6.07, 6.45) is 3.51. The molecular weight excluding hydrogens is 400 g/mol. The predicted molar refractivity (Wildman–Crippen MR) is 124 cm³/mol. The van der Waals surface area contributed by atoms with E-state index in [0.29, 0.717) is 34.7 Å². The van der Waals surface area contributed by atoms with E-state index in [-0.39, 0.29) is 11.5 Å². The van der Waals surface area contributed by atoms with Crippen molar-refractivity contribution in [3.63, 3.8) is 0 Å². The number of rotatable bonds is 5. The quantitative estimate of drug-likeness (QED) is 0.457. The normalized spacial score (nSPS) is 10.9. The highest BCUT2D eigenvalue weighted by Crippen LogP contribution is 2.24. The molecule has 0 fully saturated rings. The Morgan fingerprint density at radius 2 is 1.44 bits per heavy atom. The Morgan fingerprint density at radius 3 is 2.12 bits per heavy atom. The van der Waals surface area contributed by atoms with Gasteiger partial charge in [-0.3, -0.25) is 9.59 Å². The van der Waals surface area contributed by atoms with Crippen LogP contribution in [0.15, 0.2) is 108 Å². The third kappa shape index (κ3) is 3.81.